The molecule has 0 bridgehead atoms. The highest BCUT2D eigenvalue weighted by molar-refractivity contribution is 5.91. The van der Waals surface area contributed by atoms with Crippen molar-refractivity contribution in [2.45, 2.75) is 40.2 Å². The first-order valence-electron chi connectivity index (χ1n) is 11.5. The van der Waals surface area contributed by atoms with Crippen LogP contribution in [-0.4, -0.2) is 35.4 Å². The van der Waals surface area contributed by atoms with Crippen LogP contribution in [0, 0.1) is 23.7 Å². The van der Waals surface area contributed by atoms with Crippen LogP contribution >= 0.6 is 0 Å². The van der Waals surface area contributed by atoms with Crippen molar-refractivity contribution in [1.29, 1.82) is 0 Å². The van der Waals surface area contributed by atoms with Crippen LogP contribution in [0.2, 0.25) is 0 Å². The summed E-state index contributed by atoms with van der Waals surface area (Å²) in [4.78, 5) is 33.1. The number of nitrogens with one attached hydrogen (secondary N) is 2. The molecule has 33 heavy (non-hydrogen) atoms. The van der Waals surface area contributed by atoms with E-state index in [1.54, 1.807) is 13.3 Å². The lowest BCUT2D eigenvalue weighted by molar-refractivity contribution is -0.122. The fraction of sp³-hybridized carbons (Fsp3) is 0.462. The Labute approximate surface area is 196 Å². The van der Waals surface area contributed by atoms with Gasteiger partial charge in [0.15, 0.2) is 0 Å². The second-order valence-electron chi connectivity index (χ2n) is 9.04. The highest BCUT2D eigenvalue weighted by atomic mass is 16.5. The fourth-order valence-electron chi connectivity index (χ4n) is 4.47. The van der Waals surface area contributed by atoms with Gasteiger partial charge in [-0.1, -0.05) is 37.6 Å². The molecule has 3 rings (SSSR count). The molecule has 2 aromatic rings. The van der Waals surface area contributed by atoms with Gasteiger partial charge in [0, 0.05) is 31.9 Å². The Kier molecular flexibility index (Phi) is 8.58. The number of amides is 2. The maximum atomic E-state index is 12.7. The monoisotopic (exact) mass is 450 g/mol. The first-order valence-corrected chi connectivity index (χ1v) is 11.5. The van der Waals surface area contributed by atoms with Crippen LogP contribution in [0.3, 0.4) is 0 Å². The van der Waals surface area contributed by atoms with Crippen LogP contribution in [0.15, 0.2) is 54.5 Å². The summed E-state index contributed by atoms with van der Waals surface area (Å²) in [6.07, 6.45) is 8.18. The number of aromatic nitrogens is 2. The van der Waals surface area contributed by atoms with Gasteiger partial charge in [0.1, 0.15) is 11.4 Å². The van der Waals surface area contributed by atoms with Crippen LogP contribution in [-0.2, 0) is 11.3 Å². The summed E-state index contributed by atoms with van der Waals surface area (Å²) in [6, 6.07) is 7.71. The average molecular weight is 451 g/mol. The zero-order valence-corrected chi connectivity index (χ0v) is 19.9. The third-order valence-corrected chi connectivity index (χ3v) is 6.46. The molecule has 2 amide bonds. The van der Waals surface area contributed by atoms with E-state index in [1.807, 2.05) is 24.3 Å². The average Bonchev–Trinajstić information content (AvgIpc) is 2.83. The number of ether oxygens (including phenoxy) is 1. The fourth-order valence-corrected chi connectivity index (χ4v) is 4.47. The molecule has 1 aromatic carbocycles. The lowest BCUT2D eigenvalue weighted by atomic mass is 9.69. The quantitative estimate of drug-likeness (QED) is 0.567. The Morgan fingerprint density at radius 1 is 1.15 bits per heavy atom. The van der Waals surface area contributed by atoms with Gasteiger partial charge in [0.25, 0.3) is 5.91 Å². The summed E-state index contributed by atoms with van der Waals surface area (Å²) in [6.45, 7) is 7.55. The molecule has 0 saturated carbocycles. The first-order chi connectivity index (χ1) is 15.9. The highest BCUT2D eigenvalue weighted by Gasteiger charge is 2.32. The van der Waals surface area contributed by atoms with E-state index in [9.17, 15) is 9.59 Å². The first kappa shape index (κ1) is 24.4. The molecular formula is C26H34N4O3. The molecule has 7 heteroatoms. The van der Waals surface area contributed by atoms with Gasteiger partial charge in [-0.15, -0.1) is 0 Å². The molecule has 1 aromatic heterocycles. The van der Waals surface area contributed by atoms with E-state index >= 15 is 0 Å². The van der Waals surface area contributed by atoms with Crippen molar-refractivity contribution in [2.75, 3.05) is 13.7 Å². The number of carbonyl (C=O) groups excluding carboxylic acids is 2. The molecule has 0 aliphatic heterocycles. The molecule has 0 unspecified atom stereocenters. The van der Waals surface area contributed by atoms with Crippen molar-refractivity contribution in [3.05, 3.63) is 65.8 Å². The van der Waals surface area contributed by atoms with Crippen molar-refractivity contribution in [3.8, 4) is 5.75 Å². The normalized spacial score (nSPS) is 20.2. The van der Waals surface area contributed by atoms with Gasteiger partial charge in [0.05, 0.1) is 13.3 Å². The summed E-state index contributed by atoms with van der Waals surface area (Å²) in [5.74, 6) is 1.91. The maximum absolute atomic E-state index is 12.7. The number of rotatable bonds is 9. The van der Waals surface area contributed by atoms with Crippen molar-refractivity contribution >= 4 is 11.8 Å². The molecule has 3 atom stereocenters. The van der Waals surface area contributed by atoms with Crippen molar-refractivity contribution in [2.24, 2.45) is 23.7 Å². The molecule has 1 aliphatic carbocycles. The lowest BCUT2D eigenvalue weighted by Gasteiger charge is -2.37. The summed E-state index contributed by atoms with van der Waals surface area (Å²) in [7, 11) is 1.64. The Morgan fingerprint density at radius 3 is 2.55 bits per heavy atom. The molecule has 176 valence electrons. The summed E-state index contributed by atoms with van der Waals surface area (Å²) < 4.78 is 5.18. The van der Waals surface area contributed by atoms with Crippen molar-refractivity contribution in [3.63, 3.8) is 0 Å². The minimum Gasteiger partial charge on any atom is -0.497 e. The molecular weight excluding hydrogens is 416 g/mol. The molecule has 0 fully saturated rings. The molecule has 1 aliphatic rings. The SMILES string of the molecule is COc1ccc(CNC(=O)C[C@@H]2C[C@@H](C(C)C)[C@H](CNC(=O)c3cnccn3)C=C2C)cc1. The number of carbonyl (C=O) groups is 2. The van der Waals surface area contributed by atoms with E-state index in [0.717, 1.165) is 17.7 Å². The predicted octanol–water partition coefficient (Wildman–Crippen LogP) is 3.78. The van der Waals surface area contributed by atoms with E-state index < -0.39 is 0 Å². The highest BCUT2D eigenvalue weighted by Crippen LogP contribution is 2.38. The number of allylic oxidation sites excluding steroid dienone is 1. The van der Waals surface area contributed by atoms with Gasteiger partial charge in [-0.05, 0) is 54.7 Å². The van der Waals surface area contributed by atoms with Gasteiger partial charge >= 0.3 is 0 Å². The largest absolute Gasteiger partial charge is 0.497 e. The molecule has 2 N–H and O–H groups in total. The lowest BCUT2D eigenvalue weighted by Crippen LogP contribution is -2.38. The summed E-state index contributed by atoms with van der Waals surface area (Å²) in [5.41, 5.74) is 2.57. The van der Waals surface area contributed by atoms with E-state index in [0.29, 0.717) is 37.0 Å². The standard InChI is InChI=1S/C26H34N4O3/c1-17(2)23-12-20(13-25(31)29-14-19-5-7-22(33-4)8-6-19)18(3)11-21(23)15-30-26(32)24-16-27-9-10-28-24/h5-11,16-17,20-21,23H,12-15H2,1-4H3,(H,29,31)(H,30,32)/t20-,21-,23-/m0/s1. The smallest absolute Gasteiger partial charge is 0.271 e. The van der Waals surface area contributed by atoms with E-state index in [2.05, 4.69) is 47.4 Å². The number of hydrogen-bond acceptors (Lipinski definition) is 5. The Bertz CT molecular complexity index is 957. The van der Waals surface area contributed by atoms with Crippen molar-refractivity contribution < 1.29 is 14.3 Å². The van der Waals surface area contributed by atoms with Gasteiger partial charge in [0.2, 0.25) is 5.91 Å². The number of benzene rings is 1. The second-order valence-corrected chi connectivity index (χ2v) is 9.04. The zero-order valence-electron chi connectivity index (χ0n) is 19.9. The summed E-state index contributed by atoms with van der Waals surface area (Å²) >= 11 is 0. The maximum Gasteiger partial charge on any atom is 0.271 e. The van der Waals surface area contributed by atoms with E-state index in [1.165, 1.54) is 18.0 Å². The Morgan fingerprint density at radius 2 is 1.91 bits per heavy atom. The van der Waals surface area contributed by atoms with Crippen molar-refractivity contribution in [1.82, 2.24) is 20.6 Å². The van der Waals surface area contributed by atoms with E-state index in [-0.39, 0.29) is 23.7 Å². The zero-order chi connectivity index (χ0) is 23.8. The van der Waals surface area contributed by atoms with Gasteiger partial charge in [-0.2, -0.15) is 0 Å². The van der Waals surface area contributed by atoms with Gasteiger partial charge in [-0.3, -0.25) is 14.6 Å². The minimum atomic E-state index is -0.211. The number of hydrogen-bond donors (Lipinski definition) is 2. The summed E-state index contributed by atoms with van der Waals surface area (Å²) in [5, 5.41) is 6.04. The minimum absolute atomic E-state index is 0.0560. The molecule has 7 nitrogen and oxygen atoms in total. The molecule has 0 saturated heterocycles. The van der Waals surface area contributed by atoms with E-state index in [4.69, 9.17) is 4.74 Å². The molecule has 1 heterocycles. The number of methoxy groups -OCH3 is 1. The predicted molar refractivity (Wildman–Crippen MR) is 128 cm³/mol. The van der Waals surface area contributed by atoms with Gasteiger partial charge in [-0.25, -0.2) is 4.98 Å². The third kappa shape index (κ3) is 6.88. The van der Waals surface area contributed by atoms with Crippen LogP contribution < -0.4 is 15.4 Å². The molecule has 0 spiro atoms. The Balaban J connectivity index is 1.56. The Hall–Kier alpha value is -3.22. The van der Waals surface area contributed by atoms with Crippen LogP contribution in [0.1, 0.15) is 49.7 Å². The third-order valence-electron chi connectivity index (χ3n) is 6.46. The van der Waals surface area contributed by atoms with Gasteiger partial charge < -0.3 is 15.4 Å². The topological polar surface area (TPSA) is 93.2 Å². The van der Waals surface area contributed by atoms with Crippen LogP contribution in [0.4, 0.5) is 0 Å². The molecule has 0 radical (unpaired) electrons. The number of nitrogens with zero attached hydrogens (tertiary/aromatic N) is 2. The van der Waals surface area contributed by atoms with Crippen LogP contribution in [0.5, 0.6) is 5.75 Å². The van der Waals surface area contributed by atoms with Crippen LogP contribution in [0.25, 0.3) is 0 Å². The second kappa shape index (κ2) is 11.6.